The second-order valence-electron chi connectivity index (χ2n) is 11.4. The van der Waals surface area contributed by atoms with Crippen molar-refractivity contribution in [3.05, 3.63) is 151 Å². The van der Waals surface area contributed by atoms with Crippen LogP contribution >= 0.6 is 11.8 Å². The summed E-state index contributed by atoms with van der Waals surface area (Å²) in [6, 6.07) is 13.1. The Hall–Kier alpha value is -6.36. The molecule has 4 aromatic heterocycles. The van der Waals surface area contributed by atoms with Crippen LogP contribution in [0.4, 0.5) is 34.1 Å². The van der Waals surface area contributed by atoms with E-state index in [-0.39, 0.29) is 74.5 Å². The number of aromatic nitrogens is 3. The van der Waals surface area contributed by atoms with Gasteiger partial charge in [0, 0.05) is 23.8 Å². The maximum absolute atomic E-state index is 12.2. The Morgan fingerprint density at radius 1 is 0.788 bits per heavy atom. The van der Waals surface area contributed by atoms with Crippen molar-refractivity contribution in [1.29, 1.82) is 0 Å². The van der Waals surface area contributed by atoms with Gasteiger partial charge in [0.25, 0.3) is 38.4 Å². The molecule has 7 rings (SSSR count). The lowest BCUT2D eigenvalue weighted by atomic mass is 10.0. The SMILES string of the molecule is CCOc1c(Nc2ccc[nH]c2=O)c(=O)c1=O.Cc1ccc(C(Nc2c(Nc3ccc[nH]c3=O)c(=O)c2=O)C2CCCS2)o1.Nc1ccc[nH]c1=O. The van der Waals surface area contributed by atoms with Crippen LogP contribution in [0.3, 0.4) is 0 Å². The van der Waals surface area contributed by atoms with Crippen LogP contribution in [-0.4, -0.2) is 32.6 Å². The molecule has 6 aromatic rings. The number of thioether (sulfide) groups is 1. The number of H-pyrrole nitrogens is 3. The van der Waals surface area contributed by atoms with E-state index in [9.17, 15) is 33.6 Å². The van der Waals surface area contributed by atoms with Crippen molar-refractivity contribution in [1.82, 2.24) is 15.0 Å². The second-order valence-corrected chi connectivity index (χ2v) is 12.7. The molecule has 2 aromatic carbocycles. The van der Waals surface area contributed by atoms with Crippen molar-refractivity contribution in [2.75, 3.05) is 34.0 Å². The summed E-state index contributed by atoms with van der Waals surface area (Å²) in [4.78, 5) is 87.8. The summed E-state index contributed by atoms with van der Waals surface area (Å²) in [5, 5.41) is 8.86. The van der Waals surface area contributed by atoms with Gasteiger partial charge in [-0.2, -0.15) is 11.8 Å². The molecule has 0 saturated carbocycles. The second kappa shape index (κ2) is 16.6. The Kier molecular flexibility index (Phi) is 11.8. The highest BCUT2D eigenvalue weighted by Gasteiger charge is 2.33. The number of rotatable bonds is 10. The summed E-state index contributed by atoms with van der Waals surface area (Å²) in [6.45, 7) is 3.86. The zero-order valence-corrected chi connectivity index (χ0v) is 28.8. The van der Waals surface area contributed by atoms with E-state index in [4.69, 9.17) is 14.9 Å². The predicted molar refractivity (Wildman–Crippen MR) is 201 cm³/mol. The molecule has 0 spiro atoms. The summed E-state index contributed by atoms with van der Waals surface area (Å²) in [7, 11) is 0. The number of ether oxygens (including phenoxy) is 1. The molecule has 52 heavy (non-hydrogen) atoms. The molecule has 2 unspecified atom stereocenters. The van der Waals surface area contributed by atoms with Gasteiger partial charge in [-0.05, 0) is 81.0 Å². The van der Waals surface area contributed by atoms with E-state index in [0.29, 0.717) is 0 Å². The van der Waals surface area contributed by atoms with Crippen LogP contribution in [0.1, 0.15) is 37.3 Å². The van der Waals surface area contributed by atoms with Crippen LogP contribution in [0, 0.1) is 6.92 Å². The normalized spacial score (nSPS) is 14.1. The fourth-order valence-electron chi connectivity index (χ4n) is 5.15. The van der Waals surface area contributed by atoms with E-state index in [1.165, 1.54) is 18.5 Å². The fraction of sp³-hybridized carbons (Fsp3) is 0.229. The molecular weight excluding hydrogens is 694 g/mol. The molecular formula is C35H35N7O9S. The van der Waals surface area contributed by atoms with E-state index >= 15 is 0 Å². The van der Waals surface area contributed by atoms with Gasteiger partial charge in [0.1, 0.15) is 40.0 Å². The van der Waals surface area contributed by atoms with Crippen LogP contribution in [-0.2, 0) is 0 Å². The zero-order valence-electron chi connectivity index (χ0n) is 28.0. The Balaban J connectivity index is 0.000000177. The molecule has 1 aliphatic rings. The summed E-state index contributed by atoms with van der Waals surface area (Å²) in [5.41, 5.74) is 2.69. The smallest absolute Gasteiger partial charge is 0.272 e. The highest BCUT2D eigenvalue weighted by atomic mass is 32.2. The van der Waals surface area contributed by atoms with Crippen LogP contribution in [0.2, 0.25) is 0 Å². The molecule has 0 aliphatic carbocycles. The fourth-order valence-corrected chi connectivity index (χ4v) is 6.51. The molecule has 270 valence electrons. The van der Waals surface area contributed by atoms with Gasteiger partial charge in [0.2, 0.25) is 0 Å². The predicted octanol–water partition coefficient (Wildman–Crippen LogP) is 2.74. The lowest BCUT2D eigenvalue weighted by Gasteiger charge is -2.25. The van der Waals surface area contributed by atoms with Crippen molar-refractivity contribution >= 4 is 45.9 Å². The number of furan rings is 1. The lowest BCUT2D eigenvalue weighted by molar-refractivity contribution is 0.335. The van der Waals surface area contributed by atoms with E-state index in [1.54, 1.807) is 43.5 Å². The number of anilines is 6. The number of hydrogen-bond acceptors (Lipinski definition) is 14. The van der Waals surface area contributed by atoms with Gasteiger partial charge in [0.15, 0.2) is 5.75 Å². The number of pyridine rings is 3. The minimum absolute atomic E-state index is 0.0132. The average Bonchev–Trinajstić information content (AvgIpc) is 3.85. The van der Waals surface area contributed by atoms with Gasteiger partial charge in [-0.1, -0.05) is 0 Å². The molecule has 1 saturated heterocycles. The Morgan fingerprint density at radius 2 is 1.37 bits per heavy atom. The monoisotopic (exact) mass is 729 g/mol. The van der Waals surface area contributed by atoms with Crippen molar-refractivity contribution < 1.29 is 9.15 Å². The van der Waals surface area contributed by atoms with E-state index in [2.05, 4.69) is 30.9 Å². The zero-order chi connectivity index (χ0) is 37.4. The molecule has 17 heteroatoms. The van der Waals surface area contributed by atoms with E-state index in [0.717, 1.165) is 30.1 Å². The average molecular weight is 730 g/mol. The highest BCUT2D eigenvalue weighted by molar-refractivity contribution is 8.00. The first-order chi connectivity index (χ1) is 25.0. The van der Waals surface area contributed by atoms with Gasteiger partial charge in [-0.3, -0.25) is 33.6 Å². The van der Waals surface area contributed by atoms with Gasteiger partial charge in [-0.25, -0.2) is 0 Å². The largest absolute Gasteiger partial charge is 0.488 e. The molecule has 1 fully saturated rings. The van der Waals surface area contributed by atoms with Crippen LogP contribution in [0.25, 0.3) is 0 Å². The van der Waals surface area contributed by atoms with Crippen molar-refractivity contribution in [3.63, 3.8) is 0 Å². The van der Waals surface area contributed by atoms with Crippen LogP contribution in [0.5, 0.6) is 5.75 Å². The quantitative estimate of drug-likeness (QED) is 0.100. The van der Waals surface area contributed by atoms with E-state index in [1.807, 2.05) is 30.8 Å². The number of nitrogen functional groups attached to an aromatic ring is 1. The summed E-state index contributed by atoms with van der Waals surface area (Å²) < 4.78 is 10.8. The van der Waals surface area contributed by atoms with Crippen LogP contribution < -0.4 is 64.8 Å². The molecule has 0 bridgehead atoms. The summed E-state index contributed by atoms with van der Waals surface area (Å²) in [5.74, 6) is 2.57. The van der Waals surface area contributed by atoms with Crippen molar-refractivity contribution in [2.45, 2.75) is 38.0 Å². The van der Waals surface area contributed by atoms with Crippen molar-refractivity contribution in [2.24, 2.45) is 0 Å². The topological polar surface area (TPSA) is 251 Å². The third-order valence-corrected chi connectivity index (χ3v) is 9.23. The maximum Gasteiger partial charge on any atom is 0.272 e. The Labute approximate surface area is 297 Å². The first kappa shape index (κ1) is 36.9. The van der Waals surface area contributed by atoms with Gasteiger partial charge < -0.3 is 45.8 Å². The number of aromatic amines is 3. The molecule has 16 nitrogen and oxygen atoms in total. The first-order valence-electron chi connectivity index (χ1n) is 16.1. The first-order valence-corrected chi connectivity index (χ1v) is 17.1. The van der Waals surface area contributed by atoms with E-state index < -0.39 is 21.7 Å². The third-order valence-electron chi connectivity index (χ3n) is 7.77. The number of nitrogens with two attached hydrogens (primary N) is 1. The number of nitrogens with one attached hydrogen (secondary N) is 6. The molecule has 2 atom stereocenters. The maximum atomic E-state index is 12.2. The minimum Gasteiger partial charge on any atom is -0.488 e. The lowest BCUT2D eigenvalue weighted by Crippen LogP contribution is -2.39. The van der Waals surface area contributed by atoms with Gasteiger partial charge >= 0.3 is 0 Å². The summed E-state index contributed by atoms with van der Waals surface area (Å²) in [6.07, 6.45) is 6.61. The minimum atomic E-state index is -0.670. The molecule has 0 radical (unpaired) electrons. The molecule has 5 heterocycles. The molecule has 8 N–H and O–H groups in total. The molecule has 1 aliphatic heterocycles. The van der Waals surface area contributed by atoms with Gasteiger partial charge in [0.05, 0.1) is 18.3 Å². The van der Waals surface area contributed by atoms with Crippen molar-refractivity contribution in [3.8, 4) is 5.75 Å². The third kappa shape index (κ3) is 8.32. The molecule has 0 amide bonds. The number of aryl methyl sites for hydroxylation is 1. The Bertz CT molecular complexity index is 2480. The standard InChI is InChI=1S/C19H19N3O4S.C11H10N2O4.C5H6N2O/c1-10-6-7-12(26-10)14(13-5-3-9-27-13)22-16-15(17(23)18(16)24)21-11-4-2-8-20-19(11)25;1-2-17-10-7(8(14)9(10)15)13-6-4-3-5-12-11(6)16;6-4-2-1-3-7-5(4)8/h2,4,6-8,13-14,21-22H,3,5,9H2,1H3,(H,20,25);3-5,13H,2H2,1H3,(H,12,16);1-3H,6H2,(H,7,8). The van der Waals surface area contributed by atoms with Crippen LogP contribution in [0.15, 0.2) is 105 Å². The summed E-state index contributed by atoms with van der Waals surface area (Å²) >= 11 is 1.82. The number of hydrogen-bond donors (Lipinski definition) is 7. The van der Waals surface area contributed by atoms with Gasteiger partial charge in [-0.15, -0.1) is 0 Å². The Morgan fingerprint density at radius 3 is 1.87 bits per heavy atom. The highest BCUT2D eigenvalue weighted by Crippen LogP contribution is 2.39.